The summed E-state index contributed by atoms with van der Waals surface area (Å²) in [6, 6.07) is 0. The summed E-state index contributed by atoms with van der Waals surface area (Å²) < 4.78 is 0. The van der Waals surface area contributed by atoms with Crippen molar-refractivity contribution in [3.8, 4) is 0 Å². The minimum atomic E-state index is 0.400. The van der Waals surface area contributed by atoms with Crippen molar-refractivity contribution in [3.05, 3.63) is 0 Å². The minimum absolute atomic E-state index is 0.400. The summed E-state index contributed by atoms with van der Waals surface area (Å²) >= 11 is 0. The Labute approximate surface area is 127 Å². The lowest BCUT2D eigenvalue weighted by molar-refractivity contribution is -0.603. The Balaban J connectivity index is 2.32. The van der Waals surface area contributed by atoms with Crippen LogP contribution in [0, 0.1) is 43.3 Å². The van der Waals surface area contributed by atoms with Crippen molar-refractivity contribution in [2.45, 2.75) is 83.1 Å². The highest BCUT2D eigenvalue weighted by molar-refractivity contribution is 5.50. The van der Waals surface area contributed by atoms with Crippen LogP contribution in [0.25, 0.3) is 0 Å². The van der Waals surface area contributed by atoms with Gasteiger partial charge in [-0.25, -0.2) is 0 Å². The van der Waals surface area contributed by atoms with E-state index < -0.39 is 0 Å². The van der Waals surface area contributed by atoms with Crippen LogP contribution >= 0.6 is 0 Å². The van der Waals surface area contributed by atoms with E-state index in [1.54, 1.807) is 0 Å². The van der Waals surface area contributed by atoms with Crippen LogP contribution in [0.2, 0.25) is 0 Å². The Morgan fingerprint density at radius 2 is 0.350 bits per heavy atom. The Bertz CT molecular complexity index is 408. The van der Waals surface area contributed by atoms with E-state index in [1.165, 1.54) is 0 Å². The van der Waals surface area contributed by atoms with Crippen LogP contribution in [0.5, 0.6) is 0 Å². The summed E-state index contributed by atoms with van der Waals surface area (Å²) in [5.74, 6) is 0. The van der Waals surface area contributed by atoms with E-state index in [4.69, 9.17) is 0 Å². The summed E-state index contributed by atoms with van der Waals surface area (Å²) in [7, 11) is 0. The van der Waals surface area contributed by atoms with E-state index in [0.29, 0.717) is 43.3 Å². The van der Waals surface area contributed by atoms with Gasteiger partial charge in [0.05, 0.1) is 0 Å². The second-order valence-electron chi connectivity index (χ2n) is 11.0. The summed E-state index contributed by atoms with van der Waals surface area (Å²) in [4.78, 5) is 0. The van der Waals surface area contributed by atoms with Crippen molar-refractivity contribution >= 4 is 0 Å². The first kappa shape index (κ1) is 14.9. The molecule has 3 fully saturated rings. The smallest absolute Gasteiger partial charge is 0.0140 e. The molecule has 0 radical (unpaired) electrons. The molecule has 0 aliphatic heterocycles. The molecule has 0 atom stereocenters. The Kier molecular flexibility index (Phi) is 1.99. The largest absolute Gasteiger partial charge is 0.0588 e. The highest BCUT2D eigenvalue weighted by Crippen LogP contribution is 3.08. The fourth-order valence-electron chi connectivity index (χ4n) is 9.31. The molecule has 116 valence electrons. The first-order valence-corrected chi connectivity index (χ1v) is 8.50. The average Bonchev–Trinajstić information content (AvgIpc) is 2.32. The normalized spacial score (nSPS) is 59.4. The Hall–Kier alpha value is 0. The molecule has 0 bridgehead atoms. The molecule has 0 nitrogen and oxygen atoms in total. The van der Waals surface area contributed by atoms with Gasteiger partial charge in [0.1, 0.15) is 0 Å². The van der Waals surface area contributed by atoms with Crippen molar-refractivity contribution in [2.75, 3.05) is 0 Å². The molecule has 0 N–H and O–H groups in total. The molecule has 3 aliphatic carbocycles. The lowest BCUT2D eigenvalue weighted by atomic mass is 8.97. The first-order chi connectivity index (χ1) is 8.50. The van der Waals surface area contributed by atoms with Crippen LogP contribution in [0.1, 0.15) is 83.1 Å². The molecule has 20 heavy (non-hydrogen) atoms. The molecular formula is C20H36. The third-order valence-electron chi connectivity index (χ3n) is 12.1. The van der Waals surface area contributed by atoms with E-state index in [0.717, 1.165) is 0 Å². The van der Waals surface area contributed by atoms with E-state index in [-0.39, 0.29) is 0 Å². The zero-order valence-electron chi connectivity index (χ0n) is 16.0. The molecule has 0 unspecified atom stereocenters. The van der Waals surface area contributed by atoms with Crippen molar-refractivity contribution in [3.63, 3.8) is 0 Å². The molecule has 0 aromatic carbocycles. The van der Waals surface area contributed by atoms with Crippen LogP contribution in [-0.2, 0) is 0 Å². The lowest BCUT2D eigenvalue weighted by Crippen LogP contribution is -3.03. The van der Waals surface area contributed by atoms with Crippen molar-refractivity contribution < 1.29 is 0 Å². The summed E-state index contributed by atoms with van der Waals surface area (Å²) in [6.07, 6.45) is 0. The maximum Gasteiger partial charge on any atom is -0.0140 e. The van der Waals surface area contributed by atoms with Crippen LogP contribution < -0.4 is 0 Å². The average molecular weight is 277 g/mol. The fourth-order valence-corrected chi connectivity index (χ4v) is 9.31. The van der Waals surface area contributed by atoms with Gasteiger partial charge < -0.3 is 0 Å². The molecule has 3 rings (SSSR count). The molecule has 3 aliphatic rings. The third kappa shape index (κ3) is 0.642. The molecule has 0 heterocycles. The van der Waals surface area contributed by atoms with Gasteiger partial charge >= 0.3 is 0 Å². The zero-order valence-corrected chi connectivity index (χ0v) is 16.0. The van der Waals surface area contributed by atoms with E-state index in [1.807, 2.05) is 0 Å². The molecular weight excluding hydrogens is 240 g/mol. The topological polar surface area (TPSA) is 0 Å². The Morgan fingerprint density at radius 3 is 0.450 bits per heavy atom. The van der Waals surface area contributed by atoms with E-state index in [9.17, 15) is 0 Å². The van der Waals surface area contributed by atoms with Crippen molar-refractivity contribution in [2.24, 2.45) is 43.3 Å². The van der Waals surface area contributed by atoms with E-state index >= 15 is 0 Å². The van der Waals surface area contributed by atoms with Crippen LogP contribution in [-0.4, -0.2) is 0 Å². The maximum atomic E-state index is 2.61. The maximum absolute atomic E-state index is 2.61. The first-order valence-electron chi connectivity index (χ1n) is 8.50. The number of hydrogen-bond acceptors (Lipinski definition) is 0. The number of fused-ring (bicyclic) bond motifs is 4. The van der Waals surface area contributed by atoms with Crippen molar-refractivity contribution in [1.82, 2.24) is 0 Å². The quantitative estimate of drug-likeness (QED) is 0.497. The van der Waals surface area contributed by atoms with Gasteiger partial charge in [-0.05, 0) is 43.3 Å². The molecule has 3 saturated carbocycles. The van der Waals surface area contributed by atoms with Crippen LogP contribution in [0.15, 0.2) is 0 Å². The van der Waals surface area contributed by atoms with Crippen LogP contribution in [0.3, 0.4) is 0 Å². The minimum Gasteiger partial charge on any atom is -0.0588 e. The standard InChI is InChI=1S/C20H36/c1-13(2)14(3,4)18(10)17(13,9)19(11)15(5,6)16(7,8)20(18,19)12/h1-12H3. The molecule has 0 saturated heterocycles. The highest BCUT2D eigenvalue weighted by atomic mass is 15.1. The predicted octanol–water partition coefficient (Wildman–Crippen LogP) is 6.16. The molecule has 0 aromatic rings. The van der Waals surface area contributed by atoms with Gasteiger partial charge in [-0.2, -0.15) is 0 Å². The van der Waals surface area contributed by atoms with Gasteiger partial charge in [0.15, 0.2) is 0 Å². The van der Waals surface area contributed by atoms with Gasteiger partial charge in [-0.3, -0.25) is 0 Å². The lowest BCUT2D eigenvalue weighted by Gasteiger charge is -3.07. The van der Waals surface area contributed by atoms with Crippen LogP contribution in [0.4, 0.5) is 0 Å². The third-order valence-corrected chi connectivity index (χ3v) is 12.1. The zero-order chi connectivity index (χ0) is 16.0. The second kappa shape index (κ2) is 2.67. The summed E-state index contributed by atoms with van der Waals surface area (Å²) in [5.41, 5.74) is 3.34. The molecule has 0 heteroatoms. The van der Waals surface area contributed by atoms with Gasteiger partial charge in [0.2, 0.25) is 0 Å². The molecule has 0 amide bonds. The summed E-state index contributed by atoms with van der Waals surface area (Å²) in [5, 5.41) is 0. The number of rotatable bonds is 0. The number of hydrogen-bond donors (Lipinski definition) is 0. The Morgan fingerprint density at radius 1 is 0.250 bits per heavy atom. The highest BCUT2D eigenvalue weighted by Gasteiger charge is 3.04. The van der Waals surface area contributed by atoms with E-state index in [2.05, 4.69) is 83.1 Å². The van der Waals surface area contributed by atoms with Crippen molar-refractivity contribution in [1.29, 1.82) is 0 Å². The summed E-state index contributed by atoms with van der Waals surface area (Å²) in [6.45, 7) is 30.7. The van der Waals surface area contributed by atoms with Gasteiger partial charge in [-0.1, -0.05) is 83.1 Å². The van der Waals surface area contributed by atoms with Gasteiger partial charge in [0.25, 0.3) is 0 Å². The second-order valence-corrected chi connectivity index (χ2v) is 11.0. The monoisotopic (exact) mass is 276 g/mol. The molecule has 0 aromatic heterocycles. The SMILES string of the molecule is CC1(C)C(C)(C)C2(C)C1(C)C1(C)C(C)(C)C(C)(C)C21C. The fraction of sp³-hybridized carbons (Fsp3) is 1.00. The van der Waals surface area contributed by atoms with Gasteiger partial charge in [0, 0.05) is 0 Å². The van der Waals surface area contributed by atoms with Gasteiger partial charge in [-0.15, -0.1) is 0 Å². The molecule has 0 spiro atoms. The predicted molar refractivity (Wildman–Crippen MR) is 87.6 cm³/mol.